The van der Waals surface area contributed by atoms with E-state index in [1.807, 2.05) is 0 Å². The molecule has 7 heteroatoms. The molecule has 1 aliphatic rings. The highest BCUT2D eigenvalue weighted by atomic mass is 16.5. The Morgan fingerprint density at radius 1 is 1.45 bits per heavy atom. The Morgan fingerprint density at radius 3 is 2.90 bits per heavy atom. The summed E-state index contributed by atoms with van der Waals surface area (Å²) in [4.78, 5) is 35.7. The fraction of sp³-hybridized carbons (Fsp3) is 0.308. The number of anilines is 1. The number of carbonyl (C=O) groups is 3. The number of nitrogens with zero attached hydrogens (tertiary/aromatic N) is 1. The summed E-state index contributed by atoms with van der Waals surface area (Å²) in [5, 5.41) is 12.2. The lowest BCUT2D eigenvalue weighted by atomic mass is 10.1. The van der Waals surface area contributed by atoms with Gasteiger partial charge in [0.1, 0.15) is 6.54 Å². The van der Waals surface area contributed by atoms with Gasteiger partial charge in [0.05, 0.1) is 13.7 Å². The van der Waals surface area contributed by atoms with Crippen LogP contribution in [0, 0.1) is 0 Å². The molecule has 1 heterocycles. The first-order chi connectivity index (χ1) is 9.52. The highest BCUT2D eigenvalue weighted by molar-refractivity contribution is 6.04. The minimum atomic E-state index is -1.42. The number of nitrogens with one attached hydrogen (secondary N) is 1. The molecular weight excluding hydrogens is 264 g/mol. The Morgan fingerprint density at radius 2 is 2.20 bits per heavy atom. The van der Waals surface area contributed by atoms with Gasteiger partial charge in [-0.15, -0.1) is 0 Å². The fourth-order valence-corrected chi connectivity index (χ4v) is 1.90. The molecule has 1 unspecified atom stereocenters. The molecule has 2 N–H and O–H groups in total. The SMILES string of the molecule is COC(=O)C(O)c1cccc(N2CC(=O)NCC2=O)c1. The molecule has 1 saturated heterocycles. The maximum atomic E-state index is 11.8. The van der Waals surface area contributed by atoms with Crippen LogP contribution in [0.25, 0.3) is 0 Å². The second-order valence-electron chi connectivity index (χ2n) is 4.28. The summed E-state index contributed by atoms with van der Waals surface area (Å²) in [6, 6.07) is 6.25. The Balaban J connectivity index is 2.27. The molecule has 0 spiro atoms. The van der Waals surface area contributed by atoms with Gasteiger partial charge in [-0.05, 0) is 17.7 Å². The van der Waals surface area contributed by atoms with Crippen molar-refractivity contribution in [3.63, 3.8) is 0 Å². The molecule has 0 aliphatic carbocycles. The van der Waals surface area contributed by atoms with E-state index in [2.05, 4.69) is 10.1 Å². The number of hydrogen-bond donors (Lipinski definition) is 2. The largest absolute Gasteiger partial charge is 0.467 e. The van der Waals surface area contributed by atoms with Crippen molar-refractivity contribution < 1.29 is 24.2 Å². The summed E-state index contributed by atoms with van der Waals surface area (Å²) < 4.78 is 4.46. The van der Waals surface area contributed by atoms with Crippen LogP contribution >= 0.6 is 0 Å². The van der Waals surface area contributed by atoms with Crippen LogP contribution in [0.2, 0.25) is 0 Å². The van der Waals surface area contributed by atoms with Crippen molar-refractivity contribution in [2.24, 2.45) is 0 Å². The lowest BCUT2D eigenvalue weighted by Gasteiger charge is -2.27. The number of aliphatic hydroxyl groups is 1. The molecular formula is C13H14N2O5. The summed E-state index contributed by atoms with van der Waals surface area (Å²) in [6.07, 6.45) is -1.42. The van der Waals surface area contributed by atoms with E-state index in [4.69, 9.17) is 0 Å². The van der Waals surface area contributed by atoms with Gasteiger partial charge in [0.25, 0.3) is 0 Å². The lowest BCUT2D eigenvalue weighted by molar-refractivity contribution is -0.150. The first kappa shape index (κ1) is 14.0. The number of benzene rings is 1. The van der Waals surface area contributed by atoms with E-state index in [1.54, 1.807) is 18.2 Å². The third-order valence-electron chi connectivity index (χ3n) is 2.96. The molecule has 0 radical (unpaired) electrons. The monoisotopic (exact) mass is 278 g/mol. The van der Waals surface area contributed by atoms with Gasteiger partial charge in [-0.2, -0.15) is 0 Å². The van der Waals surface area contributed by atoms with E-state index in [9.17, 15) is 19.5 Å². The van der Waals surface area contributed by atoms with Crippen molar-refractivity contribution in [3.05, 3.63) is 29.8 Å². The quantitative estimate of drug-likeness (QED) is 0.717. The van der Waals surface area contributed by atoms with E-state index in [1.165, 1.54) is 18.1 Å². The van der Waals surface area contributed by atoms with Crippen molar-refractivity contribution >= 4 is 23.5 Å². The van der Waals surface area contributed by atoms with E-state index in [0.29, 0.717) is 11.3 Å². The van der Waals surface area contributed by atoms with Gasteiger partial charge in [-0.25, -0.2) is 4.79 Å². The van der Waals surface area contributed by atoms with Crippen molar-refractivity contribution in [1.82, 2.24) is 5.32 Å². The van der Waals surface area contributed by atoms with Gasteiger partial charge in [0, 0.05) is 5.69 Å². The number of ether oxygens (including phenoxy) is 1. The van der Waals surface area contributed by atoms with Gasteiger partial charge in [0.2, 0.25) is 11.8 Å². The Labute approximate surface area is 115 Å². The zero-order valence-electron chi connectivity index (χ0n) is 10.8. The van der Waals surface area contributed by atoms with Crippen LogP contribution in [0.3, 0.4) is 0 Å². The first-order valence-electron chi connectivity index (χ1n) is 5.96. The standard InChI is InChI=1S/C13H14N2O5/c1-20-13(19)12(18)8-3-2-4-9(5-8)15-7-10(16)14-6-11(15)17/h2-5,12,18H,6-7H2,1H3,(H,14,16). The molecule has 0 bridgehead atoms. The predicted molar refractivity (Wildman–Crippen MR) is 68.8 cm³/mol. The van der Waals surface area contributed by atoms with Gasteiger partial charge < -0.3 is 20.1 Å². The van der Waals surface area contributed by atoms with E-state index in [0.717, 1.165) is 0 Å². The van der Waals surface area contributed by atoms with Crippen LogP contribution in [0.5, 0.6) is 0 Å². The predicted octanol–water partition coefficient (Wildman–Crippen LogP) is -0.644. The molecule has 2 amide bonds. The molecule has 1 fully saturated rings. The number of piperazine rings is 1. The van der Waals surface area contributed by atoms with Gasteiger partial charge >= 0.3 is 5.97 Å². The van der Waals surface area contributed by atoms with Crippen molar-refractivity contribution in [1.29, 1.82) is 0 Å². The van der Waals surface area contributed by atoms with Crippen molar-refractivity contribution in [2.45, 2.75) is 6.10 Å². The van der Waals surface area contributed by atoms with E-state index >= 15 is 0 Å². The Hall–Kier alpha value is -2.41. The van der Waals surface area contributed by atoms with E-state index < -0.39 is 12.1 Å². The average Bonchev–Trinajstić information content (AvgIpc) is 2.48. The smallest absolute Gasteiger partial charge is 0.339 e. The van der Waals surface area contributed by atoms with Crippen LogP contribution in [0.15, 0.2) is 24.3 Å². The maximum absolute atomic E-state index is 11.8. The first-order valence-corrected chi connectivity index (χ1v) is 5.96. The third-order valence-corrected chi connectivity index (χ3v) is 2.96. The van der Waals surface area contributed by atoms with Crippen LogP contribution < -0.4 is 10.2 Å². The number of methoxy groups -OCH3 is 1. The number of carbonyl (C=O) groups excluding carboxylic acids is 3. The molecule has 7 nitrogen and oxygen atoms in total. The fourth-order valence-electron chi connectivity index (χ4n) is 1.90. The van der Waals surface area contributed by atoms with Crippen LogP contribution in [0.1, 0.15) is 11.7 Å². The highest BCUT2D eigenvalue weighted by Crippen LogP contribution is 2.22. The van der Waals surface area contributed by atoms with Crippen LogP contribution in [0.4, 0.5) is 5.69 Å². The minimum absolute atomic E-state index is 0.0668. The Kier molecular flexibility index (Phi) is 3.99. The van der Waals surface area contributed by atoms with Gasteiger partial charge in [-0.3, -0.25) is 9.59 Å². The number of amides is 2. The third kappa shape index (κ3) is 2.77. The van der Waals surface area contributed by atoms with Crippen LogP contribution in [-0.2, 0) is 19.1 Å². The summed E-state index contributed by atoms with van der Waals surface area (Å²) in [7, 11) is 1.17. The Bertz CT molecular complexity index is 557. The summed E-state index contributed by atoms with van der Waals surface area (Å²) in [5.74, 6) is -1.30. The highest BCUT2D eigenvalue weighted by Gasteiger charge is 2.25. The second-order valence-corrected chi connectivity index (χ2v) is 4.28. The molecule has 0 aromatic heterocycles. The zero-order valence-corrected chi connectivity index (χ0v) is 10.8. The minimum Gasteiger partial charge on any atom is -0.467 e. The normalized spacial score (nSPS) is 16.6. The van der Waals surface area contributed by atoms with Gasteiger partial charge in [-0.1, -0.05) is 12.1 Å². The second kappa shape index (κ2) is 5.70. The summed E-state index contributed by atoms with van der Waals surface area (Å²) in [6.45, 7) is -0.154. The van der Waals surface area contributed by atoms with E-state index in [-0.39, 0.29) is 24.9 Å². The van der Waals surface area contributed by atoms with Gasteiger partial charge in [0.15, 0.2) is 6.10 Å². The molecule has 1 aromatic carbocycles. The lowest BCUT2D eigenvalue weighted by Crippen LogP contribution is -2.51. The summed E-state index contributed by atoms with van der Waals surface area (Å²) in [5.41, 5.74) is 0.749. The van der Waals surface area contributed by atoms with Crippen molar-refractivity contribution in [2.75, 3.05) is 25.1 Å². The number of rotatable bonds is 3. The summed E-state index contributed by atoms with van der Waals surface area (Å²) >= 11 is 0. The average molecular weight is 278 g/mol. The molecule has 1 aromatic rings. The molecule has 20 heavy (non-hydrogen) atoms. The topological polar surface area (TPSA) is 95.9 Å². The van der Waals surface area contributed by atoms with Crippen molar-refractivity contribution in [3.8, 4) is 0 Å². The molecule has 1 atom stereocenters. The maximum Gasteiger partial charge on any atom is 0.339 e. The molecule has 0 saturated carbocycles. The number of esters is 1. The molecule has 106 valence electrons. The zero-order chi connectivity index (χ0) is 14.7. The molecule has 2 rings (SSSR count). The van der Waals surface area contributed by atoms with Crippen LogP contribution in [-0.4, -0.2) is 43.1 Å². The number of hydrogen-bond acceptors (Lipinski definition) is 5. The molecule has 1 aliphatic heterocycles. The number of aliphatic hydroxyl groups excluding tert-OH is 1.